The van der Waals surface area contributed by atoms with Gasteiger partial charge in [-0.15, -0.1) is 0 Å². The molecule has 2 unspecified atom stereocenters. The summed E-state index contributed by atoms with van der Waals surface area (Å²) >= 11 is 0. The van der Waals surface area contributed by atoms with Gasteiger partial charge in [-0.2, -0.15) is 4.98 Å². The van der Waals surface area contributed by atoms with Crippen molar-refractivity contribution in [3.63, 3.8) is 0 Å². The van der Waals surface area contributed by atoms with Gasteiger partial charge in [0.25, 0.3) is 0 Å². The number of nitrogens with two attached hydrogens (primary N) is 1. The summed E-state index contributed by atoms with van der Waals surface area (Å²) in [7, 11) is 4.25. The van der Waals surface area contributed by atoms with Crippen LogP contribution in [0, 0.1) is 0 Å². The number of hydrogen-bond acceptors (Lipinski definition) is 6. The maximum Gasteiger partial charge on any atom is 0.243 e. The Bertz CT molecular complexity index is 394. The second-order valence-electron chi connectivity index (χ2n) is 5.50. The lowest BCUT2D eigenvalue weighted by atomic mass is 10.2. The van der Waals surface area contributed by atoms with E-state index in [1.807, 2.05) is 0 Å². The van der Waals surface area contributed by atoms with E-state index in [2.05, 4.69) is 41.0 Å². The lowest BCUT2D eigenvalue weighted by Gasteiger charge is -2.24. The van der Waals surface area contributed by atoms with Gasteiger partial charge in [-0.05, 0) is 40.0 Å². The van der Waals surface area contributed by atoms with Crippen LogP contribution in [-0.2, 0) is 0 Å². The Morgan fingerprint density at radius 1 is 1.42 bits per heavy atom. The average Bonchev–Trinajstić information content (AvgIpc) is 2.79. The third-order valence-corrected chi connectivity index (χ3v) is 3.74. The van der Waals surface area contributed by atoms with E-state index in [4.69, 9.17) is 10.3 Å². The Kier molecular flexibility index (Phi) is 4.90. The van der Waals surface area contributed by atoms with E-state index >= 15 is 0 Å². The first kappa shape index (κ1) is 14.4. The van der Waals surface area contributed by atoms with Crippen LogP contribution in [0.4, 0.5) is 0 Å². The van der Waals surface area contributed by atoms with Crippen molar-refractivity contribution in [3.8, 4) is 0 Å². The van der Waals surface area contributed by atoms with Crippen LogP contribution in [0.25, 0.3) is 0 Å². The van der Waals surface area contributed by atoms with Crippen molar-refractivity contribution in [2.75, 3.05) is 33.7 Å². The molecule has 0 bridgehead atoms. The molecule has 1 aliphatic heterocycles. The van der Waals surface area contributed by atoms with Crippen molar-refractivity contribution in [3.05, 3.63) is 11.7 Å². The van der Waals surface area contributed by atoms with Crippen LogP contribution >= 0.6 is 0 Å². The molecule has 1 aromatic heterocycles. The molecule has 0 spiro atoms. The van der Waals surface area contributed by atoms with Crippen LogP contribution < -0.4 is 5.73 Å². The van der Waals surface area contributed by atoms with Crippen molar-refractivity contribution < 1.29 is 4.52 Å². The molecule has 1 aliphatic rings. The summed E-state index contributed by atoms with van der Waals surface area (Å²) in [6.07, 6.45) is 3.07. The van der Waals surface area contributed by atoms with Gasteiger partial charge in [0.2, 0.25) is 5.89 Å². The third kappa shape index (κ3) is 3.52. The van der Waals surface area contributed by atoms with E-state index in [1.165, 1.54) is 6.42 Å². The highest BCUT2D eigenvalue weighted by Crippen LogP contribution is 2.22. The van der Waals surface area contributed by atoms with Crippen LogP contribution in [-0.4, -0.2) is 53.7 Å². The summed E-state index contributed by atoms with van der Waals surface area (Å²) in [4.78, 5) is 9.12. The Morgan fingerprint density at radius 2 is 2.21 bits per heavy atom. The van der Waals surface area contributed by atoms with Gasteiger partial charge in [-0.1, -0.05) is 18.5 Å². The fraction of sp³-hybridized carbons (Fsp3) is 0.846. The van der Waals surface area contributed by atoms with Crippen LogP contribution in [0.1, 0.15) is 50.0 Å². The molecule has 0 aromatic carbocycles. The lowest BCUT2D eigenvalue weighted by molar-refractivity contribution is 0.214. The van der Waals surface area contributed by atoms with E-state index in [9.17, 15) is 0 Å². The molecule has 1 saturated heterocycles. The smallest absolute Gasteiger partial charge is 0.243 e. The highest BCUT2D eigenvalue weighted by atomic mass is 16.5. The molecule has 19 heavy (non-hydrogen) atoms. The maximum absolute atomic E-state index is 6.02. The molecule has 0 amide bonds. The first-order chi connectivity index (χ1) is 9.11. The predicted molar refractivity (Wildman–Crippen MR) is 73.6 cm³/mol. The highest BCUT2D eigenvalue weighted by molar-refractivity contribution is 4.99. The summed E-state index contributed by atoms with van der Waals surface area (Å²) in [6, 6.07) is 0.0545. The van der Waals surface area contributed by atoms with Crippen molar-refractivity contribution in [1.82, 2.24) is 19.9 Å². The van der Waals surface area contributed by atoms with E-state index in [1.54, 1.807) is 0 Å². The van der Waals surface area contributed by atoms with Gasteiger partial charge in [0, 0.05) is 6.54 Å². The minimum Gasteiger partial charge on any atom is -0.338 e. The molecule has 1 fully saturated rings. The molecule has 2 atom stereocenters. The van der Waals surface area contributed by atoms with Crippen molar-refractivity contribution in [2.45, 2.75) is 38.3 Å². The Labute approximate surface area is 114 Å². The topological polar surface area (TPSA) is 71.4 Å². The quantitative estimate of drug-likeness (QED) is 0.883. The van der Waals surface area contributed by atoms with Gasteiger partial charge >= 0.3 is 0 Å². The monoisotopic (exact) mass is 267 g/mol. The minimum atomic E-state index is -0.139. The van der Waals surface area contributed by atoms with Crippen LogP contribution in [0.3, 0.4) is 0 Å². The zero-order valence-electron chi connectivity index (χ0n) is 12.2. The lowest BCUT2D eigenvalue weighted by Crippen LogP contribution is -2.31. The molecule has 0 radical (unpaired) electrons. The fourth-order valence-electron chi connectivity index (χ4n) is 2.52. The van der Waals surface area contributed by atoms with Crippen molar-refractivity contribution in [2.24, 2.45) is 5.73 Å². The average molecular weight is 267 g/mol. The minimum absolute atomic E-state index is 0.139. The SMILES string of the molecule is CCCC(N)c1nc(C2CN(C)CCCN2C)no1. The molecule has 0 aliphatic carbocycles. The molecule has 1 aromatic rings. The number of rotatable bonds is 4. The van der Waals surface area contributed by atoms with Gasteiger partial charge in [-0.25, -0.2) is 0 Å². The second kappa shape index (κ2) is 6.45. The number of aromatic nitrogens is 2. The first-order valence-corrected chi connectivity index (χ1v) is 7.09. The van der Waals surface area contributed by atoms with E-state index < -0.39 is 0 Å². The molecule has 2 heterocycles. The largest absolute Gasteiger partial charge is 0.338 e. The first-order valence-electron chi connectivity index (χ1n) is 7.09. The van der Waals surface area contributed by atoms with Crippen LogP contribution in [0.5, 0.6) is 0 Å². The summed E-state index contributed by atoms with van der Waals surface area (Å²) < 4.78 is 5.33. The van der Waals surface area contributed by atoms with Gasteiger partial charge in [0.1, 0.15) is 0 Å². The zero-order chi connectivity index (χ0) is 13.8. The van der Waals surface area contributed by atoms with Gasteiger partial charge < -0.3 is 15.2 Å². The van der Waals surface area contributed by atoms with Gasteiger partial charge in [0.15, 0.2) is 5.82 Å². The van der Waals surface area contributed by atoms with E-state index in [-0.39, 0.29) is 12.1 Å². The Balaban J connectivity index is 2.11. The molecular formula is C13H25N5O. The summed E-state index contributed by atoms with van der Waals surface area (Å²) in [6.45, 7) is 5.20. The number of hydrogen-bond donors (Lipinski definition) is 1. The number of likely N-dealkylation sites (N-methyl/N-ethyl adjacent to an activating group) is 2. The van der Waals surface area contributed by atoms with E-state index in [0.29, 0.717) is 5.89 Å². The molecule has 6 heteroatoms. The Hall–Kier alpha value is -0.980. The van der Waals surface area contributed by atoms with Crippen molar-refractivity contribution >= 4 is 0 Å². The summed E-state index contributed by atoms with van der Waals surface area (Å²) in [5.74, 6) is 1.33. The standard InChI is InChI=1S/C13H25N5O/c1-4-6-10(14)13-15-12(16-19-13)11-9-17(2)7-5-8-18(11)3/h10-11H,4-9,14H2,1-3H3. The van der Waals surface area contributed by atoms with Crippen molar-refractivity contribution in [1.29, 1.82) is 0 Å². The molecule has 6 nitrogen and oxygen atoms in total. The maximum atomic E-state index is 6.02. The highest BCUT2D eigenvalue weighted by Gasteiger charge is 2.27. The molecule has 0 saturated carbocycles. The van der Waals surface area contributed by atoms with Crippen LogP contribution in [0.2, 0.25) is 0 Å². The van der Waals surface area contributed by atoms with Gasteiger partial charge in [0.05, 0.1) is 12.1 Å². The predicted octanol–water partition coefficient (Wildman–Crippen LogP) is 1.18. The summed E-state index contributed by atoms with van der Waals surface area (Å²) in [5, 5.41) is 4.14. The fourth-order valence-corrected chi connectivity index (χ4v) is 2.52. The normalized spacial score (nSPS) is 24.3. The third-order valence-electron chi connectivity index (χ3n) is 3.74. The molecule has 108 valence electrons. The molecular weight excluding hydrogens is 242 g/mol. The Morgan fingerprint density at radius 3 is 2.95 bits per heavy atom. The summed E-state index contributed by atoms with van der Waals surface area (Å²) in [5.41, 5.74) is 6.02. The van der Waals surface area contributed by atoms with Crippen LogP contribution in [0.15, 0.2) is 4.52 Å². The van der Waals surface area contributed by atoms with E-state index in [0.717, 1.165) is 38.3 Å². The molecule has 2 N–H and O–H groups in total. The number of nitrogens with zero attached hydrogens (tertiary/aromatic N) is 4. The second-order valence-corrected chi connectivity index (χ2v) is 5.50. The zero-order valence-corrected chi connectivity index (χ0v) is 12.2. The molecule has 2 rings (SSSR count). The van der Waals surface area contributed by atoms with Gasteiger partial charge in [-0.3, -0.25) is 4.90 Å².